The number of allylic oxidation sites excluding steroid dienone is 2. The molecule has 1 aliphatic rings. The van der Waals surface area contributed by atoms with Gasteiger partial charge in [0.15, 0.2) is 5.69 Å². The molecule has 1 aliphatic carbocycles. The van der Waals surface area contributed by atoms with Crippen molar-refractivity contribution < 1.29 is 19.1 Å². The summed E-state index contributed by atoms with van der Waals surface area (Å²) in [6, 6.07) is 9.82. The normalized spacial score (nSPS) is 14.2. The second-order valence-corrected chi connectivity index (χ2v) is 6.56. The number of nitrogens with zero attached hydrogens (tertiary/aromatic N) is 2. The van der Waals surface area contributed by atoms with Gasteiger partial charge in [-0.3, -0.25) is 0 Å². The lowest BCUT2D eigenvalue weighted by Crippen LogP contribution is -2.10. The van der Waals surface area contributed by atoms with Crippen molar-refractivity contribution in [3.63, 3.8) is 0 Å². The van der Waals surface area contributed by atoms with Gasteiger partial charge in [-0.25, -0.2) is 14.1 Å². The minimum Gasteiger partial charge on any atom is -0.465 e. The average molecular weight is 364 g/mol. The Kier molecular flexibility index (Phi) is 4.39. The smallest absolute Gasteiger partial charge is 0.359 e. The highest BCUT2D eigenvalue weighted by molar-refractivity contribution is 6.13. The van der Waals surface area contributed by atoms with Crippen LogP contribution in [0.25, 0.3) is 21.9 Å². The SMILES string of the molecule is COC(=O)c1nn2c(C3=CCCCC3)cc3ccccc3c2c1C(=O)OC. The van der Waals surface area contributed by atoms with Crippen LogP contribution in [0.4, 0.5) is 0 Å². The van der Waals surface area contributed by atoms with E-state index >= 15 is 0 Å². The second-order valence-electron chi connectivity index (χ2n) is 6.56. The van der Waals surface area contributed by atoms with Gasteiger partial charge < -0.3 is 9.47 Å². The van der Waals surface area contributed by atoms with Gasteiger partial charge in [0.25, 0.3) is 0 Å². The van der Waals surface area contributed by atoms with Crippen LogP contribution in [0.2, 0.25) is 0 Å². The number of methoxy groups -OCH3 is 2. The van der Waals surface area contributed by atoms with Crippen molar-refractivity contribution in [3.05, 3.63) is 53.4 Å². The highest BCUT2D eigenvalue weighted by Gasteiger charge is 2.29. The van der Waals surface area contributed by atoms with E-state index in [1.807, 2.05) is 24.3 Å². The zero-order chi connectivity index (χ0) is 19.0. The lowest BCUT2D eigenvalue weighted by molar-refractivity contribution is 0.0553. The first kappa shape index (κ1) is 17.3. The maximum atomic E-state index is 12.6. The van der Waals surface area contributed by atoms with Crippen LogP contribution in [0, 0.1) is 0 Å². The van der Waals surface area contributed by atoms with Crippen molar-refractivity contribution in [2.24, 2.45) is 0 Å². The minimum atomic E-state index is -0.660. The van der Waals surface area contributed by atoms with Crippen LogP contribution in [0.5, 0.6) is 0 Å². The molecule has 0 aliphatic heterocycles. The molecule has 27 heavy (non-hydrogen) atoms. The van der Waals surface area contributed by atoms with Crippen molar-refractivity contribution in [1.82, 2.24) is 9.61 Å². The van der Waals surface area contributed by atoms with Gasteiger partial charge >= 0.3 is 11.9 Å². The van der Waals surface area contributed by atoms with Crippen LogP contribution in [0.15, 0.2) is 36.4 Å². The van der Waals surface area contributed by atoms with E-state index in [0.29, 0.717) is 5.52 Å². The van der Waals surface area contributed by atoms with Crippen molar-refractivity contribution in [1.29, 1.82) is 0 Å². The van der Waals surface area contributed by atoms with Crippen molar-refractivity contribution in [3.8, 4) is 0 Å². The van der Waals surface area contributed by atoms with E-state index in [9.17, 15) is 9.59 Å². The molecule has 0 spiro atoms. The number of pyridine rings is 1. The summed E-state index contributed by atoms with van der Waals surface area (Å²) in [5.41, 5.74) is 2.75. The quantitative estimate of drug-likeness (QED) is 0.657. The molecule has 2 heterocycles. The van der Waals surface area contributed by atoms with Crippen LogP contribution < -0.4 is 0 Å². The first-order chi connectivity index (χ1) is 13.2. The molecule has 6 nitrogen and oxygen atoms in total. The zero-order valence-electron chi connectivity index (χ0n) is 15.3. The molecule has 0 N–H and O–H groups in total. The number of carbonyl (C=O) groups excluding carboxylic acids is 2. The summed E-state index contributed by atoms with van der Waals surface area (Å²) in [6.45, 7) is 0. The molecule has 2 aromatic heterocycles. The van der Waals surface area contributed by atoms with Gasteiger partial charge in [0.2, 0.25) is 0 Å². The minimum absolute atomic E-state index is 0.0293. The van der Waals surface area contributed by atoms with E-state index in [-0.39, 0.29) is 11.3 Å². The second kappa shape index (κ2) is 6.87. The molecule has 138 valence electrons. The summed E-state index contributed by atoms with van der Waals surface area (Å²) in [4.78, 5) is 24.9. The van der Waals surface area contributed by atoms with Crippen LogP contribution in [-0.2, 0) is 9.47 Å². The Hall–Kier alpha value is -3.15. The Labute approximate surface area is 156 Å². The molecule has 0 amide bonds. The first-order valence-electron chi connectivity index (χ1n) is 8.96. The monoisotopic (exact) mass is 364 g/mol. The van der Waals surface area contributed by atoms with Crippen LogP contribution in [-0.4, -0.2) is 35.8 Å². The number of hydrogen-bond acceptors (Lipinski definition) is 5. The predicted molar refractivity (Wildman–Crippen MR) is 102 cm³/mol. The molecular formula is C21H20N2O4. The van der Waals surface area contributed by atoms with E-state index in [1.165, 1.54) is 26.2 Å². The maximum Gasteiger partial charge on any atom is 0.359 e. The van der Waals surface area contributed by atoms with Crippen molar-refractivity contribution in [2.75, 3.05) is 14.2 Å². The third-order valence-electron chi connectivity index (χ3n) is 5.01. The Balaban J connectivity index is 2.16. The molecule has 0 fully saturated rings. The number of benzene rings is 1. The van der Waals surface area contributed by atoms with Crippen LogP contribution >= 0.6 is 0 Å². The van der Waals surface area contributed by atoms with E-state index in [2.05, 4.69) is 17.2 Å². The number of aromatic nitrogens is 2. The summed E-state index contributed by atoms with van der Waals surface area (Å²) in [5, 5.41) is 6.29. The molecule has 4 rings (SSSR count). The number of fused-ring (bicyclic) bond motifs is 3. The fraction of sp³-hybridized carbons (Fsp3) is 0.286. The Morgan fingerprint density at radius 2 is 1.85 bits per heavy atom. The predicted octanol–water partition coefficient (Wildman–Crippen LogP) is 4.02. The van der Waals surface area contributed by atoms with E-state index in [1.54, 1.807) is 4.52 Å². The average Bonchev–Trinajstić information content (AvgIpc) is 3.13. The summed E-state index contributed by atoms with van der Waals surface area (Å²) >= 11 is 0. The Morgan fingerprint density at radius 3 is 2.56 bits per heavy atom. The molecule has 1 aromatic carbocycles. The fourth-order valence-corrected chi connectivity index (χ4v) is 3.72. The molecule has 0 radical (unpaired) electrons. The van der Waals surface area contributed by atoms with Gasteiger partial charge in [-0.05, 0) is 42.7 Å². The summed E-state index contributed by atoms with van der Waals surface area (Å²) < 4.78 is 11.5. The maximum absolute atomic E-state index is 12.6. The van der Waals surface area contributed by atoms with E-state index in [0.717, 1.165) is 35.7 Å². The number of hydrogen-bond donors (Lipinski definition) is 0. The number of rotatable bonds is 3. The van der Waals surface area contributed by atoms with Gasteiger partial charge in [-0.2, -0.15) is 5.10 Å². The molecule has 6 heteroatoms. The molecule has 0 atom stereocenters. The number of ether oxygens (including phenoxy) is 2. The number of carbonyl (C=O) groups is 2. The van der Waals surface area contributed by atoms with Crippen molar-refractivity contribution in [2.45, 2.75) is 25.7 Å². The summed E-state index contributed by atoms with van der Waals surface area (Å²) in [6.07, 6.45) is 6.44. The van der Waals surface area contributed by atoms with E-state index < -0.39 is 11.9 Å². The molecule has 0 bridgehead atoms. The largest absolute Gasteiger partial charge is 0.465 e. The zero-order valence-corrected chi connectivity index (χ0v) is 15.3. The summed E-state index contributed by atoms with van der Waals surface area (Å²) in [7, 11) is 2.57. The molecular weight excluding hydrogens is 344 g/mol. The molecule has 0 saturated heterocycles. The molecule has 0 saturated carbocycles. The van der Waals surface area contributed by atoms with Gasteiger partial charge in [0.1, 0.15) is 5.56 Å². The lowest BCUT2D eigenvalue weighted by atomic mass is 9.95. The van der Waals surface area contributed by atoms with Crippen LogP contribution in [0.1, 0.15) is 52.2 Å². The topological polar surface area (TPSA) is 69.9 Å². The van der Waals surface area contributed by atoms with Crippen molar-refractivity contribution >= 4 is 33.8 Å². The first-order valence-corrected chi connectivity index (χ1v) is 8.96. The van der Waals surface area contributed by atoms with Crippen LogP contribution in [0.3, 0.4) is 0 Å². The standard InChI is InChI=1S/C21H20N2O4/c1-26-20(24)17-18(21(25)27-2)22-23-16(13-8-4-3-5-9-13)12-14-10-6-7-11-15(14)19(17)23/h6-8,10-12H,3-5,9H2,1-2H3. The molecule has 3 aromatic rings. The van der Waals surface area contributed by atoms with E-state index in [4.69, 9.17) is 9.47 Å². The summed E-state index contributed by atoms with van der Waals surface area (Å²) in [5.74, 6) is -1.27. The third-order valence-corrected chi connectivity index (χ3v) is 5.01. The van der Waals surface area contributed by atoms with Gasteiger partial charge in [0.05, 0.1) is 25.4 Å². The van der Waals surface area contributed by atoms with Gasteiger partial charge in [-0.15, -0.1) is 0 Å². The van der Waals surface area contributed by atoms with Gasteiger partial charge in [-0.1, -0.05) is 30.3 Å². The third kappa shape index (κ3) is 2.77. The number of esters is 2. The van der Waals surface area contributed by atoms with Gasteiger partial charge in [0, 0.05) is 5.39 Å². The lowest BCUT2D eigenvalue weighted by Gasteiger charge is -2.15. The fourth-order valence-electron chi connectivity index (χ4n) is 3.72. The highest BCUT2D eigenvalue weighted by atomic mass is 16.5. The Bertz CT molecular complexity index is 1090. The molecule has 0 unspecified atom stereocenters. The Morgan fingerprint density at radius 1 is 1.07 bits per heavy atom. The highest BCUT2D eigenvalue weighted by Crippen LogP contribution is 2.33.